The zero-order chi connectivity index (χ0) is 20.7. The molecule has 2 aromatic carbocycles. The highest BCUT2D eigenvalue weighted by Crippen LogP contribution is 2.18. The van der Waals surface area contributed by atoms with Gasteiger partial charge in [-0.05, 0) is 48.7 Å². The molecule has 1 amide bonds. The lowest BCUT2D eigenvalue weighted by Gasteiger charge is -2.16. The van der Waals surface area contributed by atoms with Crippen molar-refractivity contribution in [1.29, 1.82) is 0 Å². The molecule has 0 saturated heterocycles. The largest absolute Gasteiger partial charge is 0.402 e. The maximum absolute atomic E-state index is 13.2. The number of amides is 1. The van der Waals surface area contributed by atoms with Gasteiger partial charge in [-0.25, -0.2) is 8.78 Å². The number of nitrogens with one attached hydrogen (secondary N) is 1. The van der Waals surface area contributed by atoms with Gasteiger partial charge in [0, 0.05) is 30.8 Å². The van der Waals surface area contributed by atoms with Gasteiger partial charge in [-0.1, -0.05) is 24.3 Å². The predicted octanol–water partition coefficient (Wildman–Crippen LogP) is 2.76. The van der Waals surface area contributed by atoms with E-state index in [9.17, 15) is 13.6 Å². The van der Waals surface area contributed by atoms with Crippen LogP contribution in [-0.4, -0.2) is 24.8 Å². The number of rotatable bonds is 6. The Morgan fingerprint density at radius 3 is 2.11 bits per heavy atom. The van der Waals surface area contributed by atoms with Crippen molar-refractivity contribution in [3.05, 3.63) is 77.0 Å². The van der Waals surface area contributed by atoms with E-state index in [1.54, 1.807) is 31.2 Å². The molecule has 5 N–H and O–H groups in total. The summed E-state index contributed by atoms with van der Waals surface area (Å²) in [6, 6.07) is 11.3. The van der Waals surface area contributed by atoms with Crippen molar-refractivity contribution in [1.82, 2.24) is 5.32 Å². The highest BCUT2D eigenvalue weighted by molar-refractivity contribution is 6.27. The van der Waals surface area contributed by atoms with Gasteiger partial charge in [0.15, 0.2) is 0 Å². The van der Waals surface area contributed by atoms with E-state index in [-0.39, 0.29) is 29.8 Å². The van der Waals surface area contributed by atoms with E-state index in [1.807, 2.05) is 0 Å². The van der Waals surface area contributed by atoms with Crippen LogP contribution in [0.1, 0.15) is 24.5 Å². The van der Waals surface area contributed by atoms with Gasteiger partial charge in [0.2, 0.25) is 5.91 Å². The van der Waals surface area contributed by atoms with E-state index >= 15 is 0 Å². The lowest BCUT2D eigenvalue weighted by molar-refractivity contribution is -0.119. The van der Waals surface area contributed by atoms with Crippen LogP contribution in [0.25, 0.3) is 5.57 Å². The van der Waals surface area contributed by atoms with E-state index in [2.05, 4.69) is 10.3 Å². The van der Waals surface area contributed by atoms with E-state index < -0.39 is 6.04 Å². The summed E-state index contributed by atoms with van der Waals surface area (Å²) in [6.07, 6.45) is 0.486. The Balaban J connectivity index is 2.06. The fourth-order valence-corrected chi connectivity index (χ4v) is 2.81. The third kappa shape index (κ3) is 5.99. The molecule has 0 bridgehead atoms. The average Bonchev–Trinajstić information content (AvgIpc) is 2.64. The fourth-order valence-electron chi connectivity index (χ4n) is 2.81. The minimum Gasteiger partial charge on any atom is -0.402 e. The quantitative estimate of drug-likeness (QED) is 0.526. The molecule has 0 heterocycles. The Morgan fingerprint density at radius 2 is 1.61 bits per heavy atom. The maximum atomic E-state index is 13.2. The van der Waals surface area contributed by atoms with Gasteiger partial charge < -0.3 is 16.8 Å². The van der Waals surface area contributed by atoms with Crippen LogP contribution >= 0.6 is 0 Å². The molecule has 1 atom stereocenters. The molecule has 7 heteroatoms. The molecule has 5 nitrogen and oxygen atoms in total. The molecule has 0 aliphatic rings. The van der Waals surface area contributed by atoms with E-state index in [0.29, 0.717) is 23.3 Å². The first-order valence-electron chi connectivity index (χ1n) is 8.79. The van der Waals surface area contributed by atoms with Crippen LogP contribution in [0.5, 0.6) is 0 Å². The number of nitrogens with zero attached hydrogens (tertiary/aromatic N) is 1. The highest BCUT2D eigenvalue weighted by Gasteiger charge is 2.17. The van der Waals surface area contributed by atoms with Crippen molar-refractivity contribution in [2.45, 2.75) is 25.8 Å². The second-order valence-electron chi connectivity index (χ2n) is 6.48. The Kier molecular flexibility index (Phi) is 7.40. The molecule has 2 aromatic rings. The molecular weight excluding hydrogens is 362 g/mol. The van der Waals surface area contributed by atoms with E-state index in [4.69, 9.17) is 11.5 Å². The number of halogens is 2. The molecule has 0 spiro atoms. The number of amidine groups is 1. The van der Waals surface area contributed by atoms with Crippen LogP contribution in [0.2, 0.25) is 0 Å². The minimum absolute atomic E-state index is 0.0523. The van der Waals surface area contributed by atoms with Crippen molar-refractivity contribution < 1.29 is 13.6 Å². The number of nitrogens with two attached hydrogens (primary N) is 2. The third-order valence-electron chi connectivity index (χ3n) is 4.10. The van der Waals surface area contributed by atoms with Gasteiger partial charge in [-0.2, -0.15) is 0 Å². The maximum Gasteiger partial charge on any atom is 0.227 e. The second-order valence-corrected chi connectivity index (χ2v) is 6.48. The summed E-state index contributed by atoms with van der Waals surface area (Å²) in [5, 5.41) is 2.73. The topological polar surface area (TPSA) is 93.5 Å². The highest BCUT2D eigenvalue weighted by atomic mass is 19.1. The third-order valence-corrected chi connectivity index (χ3v) is 4.10. The van der Waals surface area contributed by atoms with Crippen LogP contribution in [0.4, 0.5) is 8.78 Å². The molecule has 148 valence electrons. The molecule has 0 aromatic heterocycles. The summed E-state index contributed by atoms with van der Waals surface area (Å²) < 4.78 is 26.2. The van der Waals surface area contributed by atoms with Crippen LogP contribution in [0.15, 0.2) is 59.2 Å². The van der Waals surface area contributed by atoms with Gasteiger partial charge in [-0.15, -0.1) is 0 Å². The van der Waals surface area contributed by atoms with Gasteiger partial charge in [0.25, 0.3) is 0 Å². The Hall–Kier alpha value is -3.06. The van der Waals surface area contributed by atoms with Gasteiger partial charge >= 0.3 is 0 Å². The molecule has 1 unspecified atom stereocenters. The number of aliphatic imine (C=N–C) groups is 1. The summed E-state index contributed by atoms with van der Waals surface area (Å²) in [5.41, 5.74) is 14.5. The number of carbonyl (C=O) groups excluding carboxylic acids is 1. The summed E-state index contributed by atoms with van der Waals surface area (Å²) in [5.74, 6) is -0.735. The monoisotopic (exact) mass is 386 g/mol. The molecular formula is C21H24F2N4O. The summed E-state index contributed by atoms with van der Waals surface area (Å²) in [7, 11) is 1.53. The van der Waals surface area contributed by atoms with Crippen LogP contribution < -0.4 is 16.8 Å². The van der Waals surface area contributed by atoms with Gasteiger partial charge in [-0.3, -0.25) is 9.79 Å². The number of hydrogen-bond acceptors (Lipinski definition) is 4. The lowest BCUT2D eigenvalue weighted by Crippen LogP contribution is -2.37. The normalized spacial score (nSPS) is 13.7. The molecule has 0 radical (unpaired) electrons. The zero-order valence-electron chi connectivity index (χ0n) is 15.9. The minimum atomic E-state index is -0.444. The van der Waals surface area contributed by atoms with Crippen molar-refractivity contribution in [3.63, 3.8) is 0 Å². The van der Waals surface area contributed by atoms with Crippen LogP contribution in [0, 0.1) is 11.6 Å². The number of allylic oxidation sites excluding steroid dienone is 1. The summed E-state index contributed by atoms with van der Waals surface area (Å²) >= 11 is 0. The Morgan fingerprint density at radius 1 is 1.07 bits per heavy atom. The fraction of sp³-hybridized carbons (Fsp3) is 0.238. The Labute approximate surface area is 163 Å². The van der Waals surface area contributed by atoms with Crippen molar-refractivity contribution >= 4 is 17.3 Å². The van der Waals surface area contributed by atoms with Crippen molar-refractivity contribution in [2.24, 2.45) is 16.5 Å². The Bertz CT molecular complexity index is 870. The molecule has 28 heavy (non-hydrogen) atoms. The lowest BCUT2D eigenvalue weighted by atomic mass is 10.0. The summed E-state index contributed by atoms with van der Waals surface area (Å²) in [6.45, 7) is 1.68. The van der Waals surface area contributed by atoms with Crippen molar-refractivity contribution in [3.8, 4) is 0 Å². The SMILES string of the molecule is CN=C(NC(=O)CC(N)Cc1ccc(F)cc1)C(=C(C)N)c1ccc(F)cc1. The molecule has 0 aliphatic heterocycles. The molecule has 0 fully saturated rings. The smallest absolute Gasteiger partial charge is 0.227 e. The van der Waals surface area contributed by atoms with Gasteiger partial charge in [0.1, 0.15) is 17.5 Å². The first-order valence-corrected chi connectivity index (χ1v) is 8.79. The standard InChI is InChI=1S/C21H24F2N4O/c1-13(24)20(15-5-9-17(23)10-6-15)21(26-2)27-19(28)12-18(25)11-14-3-7-16(22)8-4-14/h3-10,18H,11-12,24-25H2,1-2H3,(H,26,27,28). The van der Waals surface area contributed by atoms with E-state index in [0.717, 1.165) is 5.56 Å². The van der Waals surface area contributed by atoms with Crippen molar-refractivity contribution in [2.75, 3.05) is 7.05 Å². The predicted molar refractivity (Wildman–Crippen MR) is 107 cm³/mol. The number of benzene rings is 2. The first kappa shape index (κ1) is 21.2. The van der Waals surface area contributed by atoms with Gasteiger partial charge in [0.05, 0.1) is 0 Å². The molecule has 0 saturated carbocycles. The molecule has 0 aliphatic carbocycles. The average molecular weight is 386 g/mol. The molecule has 2 rings (SSSR count). The number of carbonyl (C=O) groups is 1. The number of hydrogen-bond donors (Lipinski definition) is 3. The first-order chi connectivity index (χ1) is 13.3. The van der Waals surface area contributed by atoms with Crippen LogP contribution in [-0.2, 0) is 11.2 Å². The van der Waals surface area contributed by atoms with E-state index in [1.165, 1.54) is 31.3 Å². The zero-order valence-corrected chi connectivity index (χ0v) is 15.9. The van der Waals surface area contributed by atoms with Crippen LogP contribution in [0.3, 0.4) is 0 Å². The summed E-state index contributed by atoms with van der Waals surface area (Å²) in [4.78, 5) is 16.5. The second kappa shape index (κ2) is 9.75.